The molecule has 3 rings (SSSR count). The van der Waals surface area contributed by atoms with Gasteiger partial charge in [-0.25, -0.2) is 4.79 Å². The van der Waals surface area contributed by atoms with E-state index in [2.05, 4.69) is 20.7 Å². The molecule has 28 heavy (non-hydrogen) atoms. The van der Waals surface area contributed by atoms with Crippen molar-refractivity contribution in [2.45, 2.75) is 6.18 Å². The highest BCUT2D eigenvalue weighted by Gasteiger charge is 2.39. The number of esters is 1. The van der Waals surface area contributed by atoms with Gasteiger partial charge in [0.25, 0.3) is 0 Å². The fourth-order valence-electron chi connectivity index (χ4n) is 2.54. The molecule has 1 heterocycles. The number of benzene rings is 2. The quantitative estimate of drug-likeness (QED) is 0.527. The average Bonchev–Trinajstić information content (AvgIpc) is 2.66. The summed E-state index contributed by atoms with van der Waals surface area (Å²) in [5.41, 5.74) is -1.62. The van der Waals surface area contributed by atoms with E-state index in [0.717, 1.165) is 6.07 Å². The number of hydrogen-bond acceptors (Lipinski definition) is 5. The Bertz CT molecular complexity index is 1090. The van der Waals surface area contributed by atoms with E-state index in [1.54, 1.807) is 0 Å². The molecule has 0 bridgehead atoms. The van der Waals surface area contributed by atoms with Crippen LogP contribution in [0.1, 0.15) is 5.76 Å². The van der Waals surface area contributed by atoms with Crippen LogP contribution in [0.2, 0.25) is 0 Å². The standard InChI is InChI=1S/C19H12BrF3O5/c1-26-15(24)9-27-12-6-7-13-14(8-12)28-18(19(21,22)23)16(17(13)25)10-2-4-11(20)5-3-10/h2-8H,9H2,1H3. The van der Waals surface area contributed by atoms with Gasteiger partial charge in [-0.3, -0.25) is 4.79 Å². The lowest BCUT2D eigenvalue weighted by Gasteiger charge is -2.13. The number of ether oxygens (including phenoxy) is 2. The van der Waals surface area contributed by atoms with Gasteiger partial charge in [-0.2, -0.15) is 13.2 Å². The molecule has 0 aliphatic rings. The Hall–Kier alpha value is -2.81. The number of carbonyl (C=O) groups is 1. The van der Waals surface area contributed by atoms with Crippen molar-refractivity contribution < 1.29 is 31.9 Å². The number of fused-ring (bicyclic) bond motifs is 1. The highest BCUT2D eigenvalue weighted by atomic mass is 79.9. The Morgan fingerprint density at radius 2 is 1.82 bits per heavy atom. The fraction of sp³-hybridized carbons (Fsp3) is 0.158. The summed E-state index contributed by atoms with van der Waals surface area (Å²) in [4.78, 5) is 24.0. The van der Waals surface area contributed by atoms with E-state index in [1.165, 1.54) is 43.5 Å². The number of hydrogen-bond donors (Lipinski definition) is 0. The first-order valence-electron chi connectivity index (χ1n) is 7.84. The van der Waals surface area contributed by atoms with Crippen molar-refractivity contribution in [2.75, 3.05) is 13.7 Å². The first-order chi connectivity index (χ1) is 13.2. The van der Waals surface area contributed by atoms with E-state index in [0.29, 0.717) is 4.47 Å². The van der Waals surface area contributed by atoms with E-state index < -0.39 is 35.5 Å². The minimum atomic E-state index is -4.89. The lowest BCUT2D eigenvalue weighted by Crippen LogP contribution is -2.16. The predicted octanol–water partition coefficient (Wildman–Crippen LogP) is 4.79. The largest absolute Gasteiger partial charge is 0.482 e. The Morgan fingerprint density at radius 1 is 1.14 bits per heavy atom. The van der Waals surface area contributed by atoms with Crippen LogP contribution in [-0.2, 0) is 15.7 Å². The number of methoxy groups -OCH3 is 1. The maximum atomic E-state index is 13.6. The van der Waals surface area contributed by atoms with Crippen molar-refractivity contribution in [1.82, 2.24) is 0 Å². The van der Waals surface area contributed by atoms with E-state index in [4.69, 9.17) is 9.15 Å². The summed E-state index contributed by atoms with van der Waals surface area (Å²) in [6.07, 6.45) is -4.89. The molecule has 0 N–H and O–H groups in total. The van der Waals surface area contributed by atoms with Crippen molar-refractivity contribution in [3.63, 3.8) is 0 Å². The predicted molar refractivity (Wildman–Crippen MR) is 98.1 cm³/mol. The molecule has 0 atom stereocenters. The van der Waals surface area contributed by atoms with Gasteiger partial charge in [0.2, 0.25) is 11.2 Å². The molecule has 1 aromatic heterocycles. The van der Waals surface area contributed by atoms with Crippen LogP contribution in [0.4, 0.5) is 13.2 Å². The van der Waals surface area contributed by atoms with Gasteiger partial charge in [-0.1, -0.05) is 28.1 Å². The molecular formula is C19H12BrF3O5. The lowest BCUT2D eigenvalue weighted by atomic mass is 10.0. The first kappa shape index (κ1) is 19.9. The van der Waals surface area contributed by atoms with Crippen molar-refractivity contribution >= 4 is 32.9 Å². The van der Waals surface area contributed by atoms with E-state index in [-0.39, 0.29) is 22.3 Å². The molecule has 3 aromatic rings. The Balaban J connectivity index is 2.18. The Morgan fingerprint density at radius 3 is 2.43 bits per heavy atom. The van der Waals surface area contributed by atoms with Crippen LogP contribution in [0.5, 0.6) is 5.75 Å². The maximum absolute atomic E-state index is 13.6. The second kappa shape index (κ2) is 7.67. The second-order valence-corrected chi connectivity index (χ2v) is 6.58. The molecular weight excluding hydrogens is 445 g/mol. The van der Waals surface area contributed by atoms with Crippen LogP contribution >= 0.6 is 15.9 Å². The lowest BCUT2D eigenvalue weighted by molar-refractivity contribution is -0.152. The van der Waals surface area contributed by atoms with Gasteiger partial charge in [-0.15, -0.1) is 0 Å². The van der Waals surface area contributed by atoms with Gasteiger partial charge in [0, 0.05) is 10.5 Å². The monoisotopic (exact) mass is 456 g/mol. The first-order valence-corrected chi connectivity index (χ1v) is 8.63. The molecule has 2 aromatic carbocycles. The SMILES string of the molecule is COC(=O)COc1ccc2c(=O)c(-c3ccc(Br)cc3)c(C(F)(F)F)oc2c1. The smallest absolute Gasteiger partial charge is 0.450 e. The summed E-state index contributed by atoms with van der Waals surface area (Å²) < 4.78 is 56.0. The highest BCUT2D eigenvalue weighted by molar-refractivity contribution is 9.10. The van der Waals surface area contributed by atoms with Gasteiger partial charge >= 0.3 is 12.1 Å². The Kier molecular flexibility index (Phi) is 5.46. The third kappa shape index (κ3) is 4.04. The topological polar surface area (TPSA) is 65.7 Å². The van der Waals surface area contributed by atoms with E-state index in [9.17, 15) is 22.8 Å². The van der Waals surface area contributed by atoms with E-state index >= 15 is 0 Å². The zero-order chi connectivity index (χ0) is 20.5. The van der Waals surface area contributed by atoms with Gasteiger partial charge in [0.15, 0.2) is 6.61 Å². The number of halogens is 4. The normalized spacial score (nSPS) is 11.5. The molecule has 0 saturated carbocycles. The Labute approximate surface area is 164 Å². The zero-order valence-electron chi connectivity index (χ0n) is 14.3. The third-order valence-electron chi connectivity index (χ3n) is 3.84. The van der Waals surface area contributed by atoms with Gasteiger partial charge in [-0.05, 0) is 29.8 Å². The molecule has 0 amide bonds. The second-order valence-electron chi connectivity index (χ2n) is 5.66. The van der Waals surface area contributed by atoms with Crippen LogP contribution in [-0.4, -0.2) is 19.7 Å². The van der Waals surface area contributed by atoms with E-state index in [1.807, 2.05) is 0 Å². The molecule has 0 unspecified atom stereocenters. The molecule has 5 nitrogen and oxygen atoms in total. The summed E-state index contributed by atoms with van der Waals surface area (Å²) in [5, 5.41) is -0.0451. The number of rotatable bonds is 4. The minimum absolute atomic E-state index is 0.0451. The van der Waals surface area contributed by atoms with Crippen molar-refractivity contribution in [3.8, 4) is 16.9 Å². The van der Waals surface area contributed by atoms with Gasteiger partial charge in [0.1, 0.15) is 11.3 Å². The maximum Gasteiger partial charge on any atom is 0.450 e. The van der Waals surface area contributed by atoms with Crippen LogP contribution in [0.15, 0.2) is 56.1 Å². The van der Waals surface area contributed by atoms with Crippen LogP contribution < -0.4 is 10.2 Å². The summed E-state index contributed by atoms with van der Waals surface area (Å²) in [6, 6.07) is 9.62. The van der Waals surface area contributed by atoms with Gasteiger partial charge in [0.05, 0.1) is 18.1 Å². The number of alkyl halides is 3. The van der Waals surface area contributed by atoms with Crippen LogP contribution in [0, 0.1) is 0 Å². The molecule has 0 radical (unpaired) electrons. The fourth-order valence-corrected chi connectivity index (χ4v) is 2.81. The third-order valence-corrected chi connectivity index (χ3v) is 4.37. The molecule has 0 aliphatic heterocycles. The molecule has 0 aliphatic carbocycles. The molecule has 0 fully saturated rings. The molecule has 146 valence electrons. The molecule has 9 heteroatoms. The molecule has 0 saturated heterocycles. The van der Waals surface area contributed by atoms with Crippen molar-refractivity contribution in [3.05, 3.63) is 62.9 Å². The van der Waals surface area contributed by atoms with Crippen LogP contribution in [0.3, 0.4) is 0 Å². The van der Waals surface area contributed by atoms with Crippen LogP contribution in [0.25, 0.3) is 22.1 Å². The van der Waals surface area contributed by atoms with Crippen molar-refractivity contribution in [2.24, 2.45) is 0 Å². The zero-order valence-corrected chi connectivity index (χ0v) is 15.9. The highest BCUT2D eigenvalue weighted by Crippen LogP contribution is 2.38. The summed E-state index contributed by atoms with van der Waals surface area (Å²) in [7, 11) is 1.17. The summed E-state index contributed by atoms with van der Waals surface area (Å²) >= 11 is 3.20. The summed E-state index contributed by atoms with van der Waals surface area (Å²) in [5.74, 6) is -2.01. The minimum Gasteiger partial charge on any atom is -0.482 e. The van der Waals surface area contributed by atoms with Gasteiger partial charge < -0.3 is 13.9 Å². The molecule has 0 spiro atoms. The number of carbonyl (C=O) groups excluding carboxylic acids is 1. The summed E-state index contributed by atoms with van der Waals surface area (Å²) in [6.45, 7) is -0.435. The average molecular weight is 457 g/mol. The van der Waals surface area contributed by atoms with Crippen molar-refractivity contribution in [1.29, 1.82) is 0 Å².